The van der Waals surface area contributed by atoms with Crippen LogP contribution in [0.15, 0.2) is 0 Å². The monoisotopic (exact) mass is 195 g/mol. The Morgan fingerprint density at radius 3 is 2.43 bits per heavy atom. The normalized spacial score (nSPS) is 48.6. The molecule has 1 N–H and O–H groups in total. The first-order valence-corrected chi connectivity index (χ1v) is 6.28. The van der Waals surface area contributed by atoms with Crippen molar-refractivity contribution in [3.05, 3.63) is 0 Å². The van der Waals surface area contributed by atoms with E-state index in [0.29, 0.717) is 11.8 Å². The Labute approximate surface area is 86.3 Å². The van der Waals surface area contributed by atoms with Crippen molar-refractivity contribution in [3.63, 3.8) is 0 Å². The van der Waals surface area contributed by atoms with Gasteiger partial charge in [0, 0.05) is 12.0 Å². The summed E-state index contributed by atoms with van der Waals surface area (Å²) < 4.78 is 0. The van der Waals surface area contributed by atoms with Crippen LogP contribution in [0.25, 0.3) is 0 Å². The Morgan fingerprint density at radius 2 is 1.64 bits per heavy atom. The van der Waals surface area contributed by atoms with Gasteiger partial charge in [0.2, 0.25) is 0 Å². The van der Waals surface area contributed by atoms with Gasteiger partial charge >= 0.3 is 0 Å². The Balaban J connectivity index is 1.73. The zero-order chi connectivity index (χ0) is 9.54. The smallest absolute Gasteiger partial charge is 0.0611 e. The third kappa shape index (κ3) is 1.31. The number of rotatable bonds is 1. The molecule has 0 radical (unpaired) electrons. The second-order valence-corrected chi connectivity index (χ2v) is 5.38. The van der Waals surface area contributed by atoms with E-state index in [9.17, 15) is 5.11 Å². The minimum absolute atomic E-state index is 0.0364. The number of likely N-dealkylation sites (tertiary alicyclic amines) is 1. The van der Waals surface area contributed by atoms with E-state index < -0.39 is 0 Å². The Morgan fingerprint density at radius 1 is 0.929 bits per heavy atom. The predicted octanol–water partition coefficient (Wildman–Crippen LogP) is 1.63. The van der Waals surface area contributed by atoms with Gasteiger partial charge in [0.15, 0.2) is 0 Å². The van der Waals surface area contributed by atoms with E-state index in [2.05, 4.69) is 4.90 Å². The van der Waals surface area contributed by atoms with E-state index >= 15 is 0 Å². The maximum atomic E-state index is 10.1. The molecule has 1 aliphatic heterocycles. The zero-order valence-corrected chi connectivity index (χ0v) is 8.86. The molecular formula is C12H21NO. The van der Waals surface area contributed by atoms with Crippen molar-refractivity contribution in [2.24, 2.45) is 11.8 Å². The summed E-state index contributed by atoms with van der Waals surface area (Å²) in [5, 5.41) is 10.1. The van der Waals surface area contributed by atoms with Crippen LogP contribution in [0.2, 0.25) is 0 Å². The topological polar surface area (TPSA) is 23.5 Å². The van der Waals surface area contributed by atoms with E-state index in [-0.39, 0.29) is 6.10 Å². The molecule has 1 saturated heterocycles. The molecule has 80 valence electrons. The molecule has 0 aromatic rings. The summed E-state index contributed by atoms with van der Waals surface area (Å²) in [4.78, 5) is 2.65. The molecule has 0 amide bonds. The van der Waals surface area contributed by atoms with Crippen LogP contribution < -0.4 is 0 Å². The summed E-state index contributed by atoms with van der Waals surface area (Å²) in [6.07, 6.45) is 7.99. The van der Waals surface area contributed by atoms with E-state index in [1.807, 2.05) is 0 Å². The van der Waals surface area contributed by atoms with Gasteiger partial charge in [-0.2, -0.15) is 0 Å². The molecule has 2 aliphatic carbocycles. The van der Waals surface area contributed by atoms with E-state index in [1.165, 1.54) is 51.6 Å². The van der Waals surface area contributed by atoms with Crippen LogP contribution in [-0.2, 0) is 0 Å². The molecule has 3 rings (SSSR count). The van der Waals surface area contributed by atoms with Crippen LogP contribution in [0.4, 0.5) is 0 Å². The van der Waals surface area contributed by atoms with Crippen LogP contribution in [0, 0.1) is 11.8 Å². The molecule has 0 unspecified atom stereocenters. The number of hydrogen-bond donors (Lipinski definition) is 1. The fraction of sp³-hybridized carbons (Fsp3) is 1.00. The molecule has 0 aromatic heterocycles. The number of hydrogen-bond acceptors (Lipinski definition) is 2. The van der Waals surface area contributed by atoms with Gasteiger partial charge in [-0.25, -0.2) is 0 Å². The van der Waals surface area contributed by atoms with Crippen molar-refractivity contribution in [2.75, 3.05) is 13.1 Å². The van der Waals surface area contributed by atoms with Gasteiger partial charge < -0.3 is 10.0 Å². The first-order valence-electron chi connectivity index (χ1n) is 6.28. The summed E-state index contributed by atoms with van der Waals surface area (Å²) in [6, 6.07) is 0.728. The maximum absolute atomic E-state index is 10.1. The van der Waals surface area contributed by atoms with Crippen molar-refractivity contribution in [3.8, 4) is 0 Å². The van der Waals surface area contributed by atoms with Gasteiger partial charge in [0.25, 0.3) is 0 Å². The number of nitrogens with zero attached hydrogens (tertiary/aromatic N) is 1. The average Bonchev–Trinajstić information content (AvgIpc) is 2.76. The van der Waals surface area contributed by atoms with Crippen LogP contribution >= 0.6 is 0 Å². The molecule has 14 heavy (non-hydrogen) atoms. The lowest BCUT2D eigenvalue weighted by molar-refractivity contribution is 0.00634. The van der Waals surface area contributed by atoms with E-state index in [4.69, 9.17) is 0 Å². The first-order chi connectivity index (χ1) is 6.86. The lowest BCUT2D eigenvalue weighted by Crippen LogP contribution is -2.45. The molecule has 2 bridgehead atoms. The largest absolute Gasteiger partial charge is 0.392 e. The molecule has 2 nitrogen and oxygen atoms in total. The van der Waals surface area contributed by atoms with Crippen molar-refractivity contribution < 1.29 is 5.11 Å². The van der Waals surface area contributed by atoms with Crippen LogP contribution in [0.3, 0.4) is 0 Å². The minimum atomic E-state index is 0.0364. The lowest BCUT2D eigenvalue weighted by Gasteiger charge is -2.39. The van der Waals surface area contributed by atoms with Gasteiger partial charge in [-0.3, -0.25) is 0 Å². The van der Waals surface area contributed by atoms with E-state index in [0.717, 1.165) is 6.04 Å². The number of aliphatic hydroxyl groups excluding tert-OH is 1. The average molecular weight is 195 g/mol. The van der Waals surface area contributed by atoms with E-state index in [1.54, 1.807) is 0 Å². The summed E-state index contributed by atoms with van der Waals surface area (Å²) in [7, 11) is 0. The molecule has 4 atom stereocenters. The molecule has 2 saturated carbocycles. The van der Waals surface area contributed by atoms with Crippen molar-refractivity contribution in [2.45, 2.75) is 50.7 Å². The Bertz CT molecular complexity index is 212. The number of aliphatic hydroxyl groups is 1. The van der Waals surface area contributed by atoms with Crippen molar-refractivity contribution in [1.29, 1.82) is 0 Å². The Hall–Kier alpha value is -0.0800. The second kappa shape index (κ2) is 3.49. The summed E-state index contributed by atoms with van der Waals surface area (Å²) in [5.41, 5.74) is 0. The molecule has 2 heteroatoms. The first kappa shape index (κ1) is 9.17. The third-order valence-corrected chi connectivity index (χ3v) is 4.73. The van der Waals surface area contributed by atoms with Gasteiger partial charge in [-0.1, -0.05) is 0 Å². The molecule has 3 aliphatic rings. The summed E-state index contributed by atoms with van der Waals surface area (Å²) in [5.74, 6) is 1.27. The summed E-state index contributed by atoms with van der Waals surface area (Å²) >= 11 is 0. The van der Waals surface area contributed by atoms with Crippen LogP contribution in [0.1, 0.15) is 38.5 Å². The fourth-order valence-corrected chi connectivity index (χ4v) is 3.96. The highest BCUT2D eigenvalue weighted by Gasteiger charge is 2.45. The maximum Gasteiger partial charge on any atom is 0.0611 e. The van der Waals surface area contributed by atoms with Crippen molar-refractivity contribution in [1.82, 2.24) is 4.90 Å². The highest BCUT2D eigenvalue weighted by atomic mass is 16.3. The second-order valence-electron chi connectivity index (χ2n) is 5.38. The lowest BCUT2D eigenvalue weighted by atomic mass is 9.81. The van der Waals surface area contributed by atoms with Crippen LogP contribution in [-0.4, -0.2) is 35.2 Å². The predicted molar refractivity (Wildman–Crippen MR) is 56.0 cm³/mol. The molecule has 0 spiro atoms. The minimum Gasteiger partial charge on any atom is -0.392 e. The van der Waals surface area contributed by atoms with Gasteiger partial charge in [-0.05, 0) is 57.5 Å². The molecule has 0 aromatic carbocycles. The quantitative estimate of drug-likeness (QED) is 0.687. The van der Waals surface area contributed by atoms with Gasteiger partial charge in [-0.15, -0.1) is 0 Å². The highest BCUT2D eigenvalue weighted by molar-refractivity contribution is 4.98. The van der Waals surface area contributed by atoms with Crippen molar-refractivity contribution >= 4 is 0 Å². The molecule has 1 heterocycles. The molecule has 3 fully saturated rings. The molecular weight excluding hydrogens is 174 g/mol. The van der Waals surface area contributed by atoms with Gasteiger partial charge in [0.05, 0.1) is 6.10 Å². The zero-order valence-electron chi connectivity index (χ0n) is 8.86. The van der Waals surface area contributed by atoms with Gasteiger partial charge in [0.1, 0.15) is 0 Å². The third-order valence-electron chi connectivity index (χ3n) is 4.73. The van der Waals surface area contributed by atoms with Crippen LogP contribution in [0.5, 0.6) is 0 Å². The Kier molecular flexibility index (Phi) is 2.29. The SMILES string of the molecule is O[C@@H]1[C@@H]2CC[C@H]1[C@@H](N1CCCC1)CC2. The fourth-order valence-electron chi connectivity index (χ4n) is 3.96. The standard InChI is InChI=1S/C12H21NO/c14-12-9-3-5-10(12)11(6-4-9)13-7-1-2-8-13/h9-12,14H,1-8H2/t9-,10+,11+,12-/m1/s1. The highest BCUT2D eigenvalue weighted by Crippen LogP contribution is 2.44. The summed E-state index contributed by atoms with van der Waals surface area (Å²) in [6.45, 7) is 2.58. The number of fused-ring (bicyclic) bond motifs is 2.